The molecule has 0 aliphatic carbocycles. The molecule has 18 heavy (non-hydrogen) atoms. The van der Waals surface area contributed by atoms with Gasteiger partial charge >= 0.3 is 5.97 Å². The van der Waals surface area contributed by atoms with Crippen molar-refractivity contribution in [3.8, 4) is 0 Å². The van der Waals surface area contributed by atoms with E-state index in [1.807, 2.05) is 0 Å². The van der Waals surface area contributed by atoms with Crippen molar-refractivity contribution in [1.29, 1.82) is 0 Å². The van der Waals surface area contributed by atoms with Crippen molar-refractivity contribution in [2.45, 2.75) is 24.8 Å². The maximum absolute atomic E-state index is 11.9. The van der Waals surface area contributed by atoms with Crippen molar-refractivity contribution in [2.24, 2.45) is 0 Å². The molecule has 1 rings (SSSR count). The summed E-state index contributed by atoms with van der Waals surface area (Å²) >= 11 is 1.37. The number of sulfonamides is 1. The minimum Gasteiger partial charge on any atom is -0.467 e. The average molecular weight is 293 g/mol. The average Bonchev–Trinajstić information content (AvgIpc) is 2.65. The van der Waals surface area contributed by atoms with Crippen LogP contribution in [0.4, 0.5) is 0 Å². The topological polar surface area (TPSA) is 92.7 Å². The third-order valence-electron chi connectivity index (χ3n) is 2.22. The van der Waals surface area contributed by atoms with Crippen LogP contribution >= 0.6 is 11.3 Å². The van der Waals surface area contributed by atoms with Crippen molar-refractivity contribution in [1.82, 2.24) is 4.72 Å². The predicted octanol–water partition coefficient (Wildman–Crippen LogP) is 0.177. The van der Waals surface area contributed by atoms with E-state index in [0.717, 1.165) is 12.0 Å². The van der Waals surface area contributed by atoms with Crippen LogP contribution in [0.1, 0.15) is 9.75 Å². The Morgan fingerprint density at radius 2 is 2.17 bits per heavy atom. The molecule has 1 heterocycles. The van der Waals surface area contributed by atoms with Crippen LogP contribution in [-0.2, 0) is 19.6 Å². The lowest BCUT2D eigenvalue weighted by Gasteiger charge is -2.10. The standard InChI is InChI=1S/C10H15NO5S2/c1-6-4-9(7(2)17-6)18(14,15)11-5-8(12)10(13)16-3/h4,8,11-12H,5H2,1-3H3. The van der Waals surface area contributed by atoms with Gasteiger partial charge in [-0.15, -0.1) is 11.3 Å². The molecule has 0 aliphatic rings. The molecular formula is C10H15NO5S2. The normalized spacial score (nSPS) is 13.3. The van der Waals surface area contributed by atoms with Crippen molar-refractivity contribution >= 4 is 27.3 Å². The van der Waals surface area contributed by atoms with E-state index in [-0.39, 0.29) is 4.90 Å². The second-order valence-electron chi connectivity index (χ2n) is 3.67. The first kappa shape index (κ1) is 15.1. The largest absolute Gasteiger partial charge is 0.467 e. The van der Waals surface area contributed by atoms with Crippen molar-refractivity contribution in [2.75, 3.05) is 13.7 Å². The van der Waals surface area contributed by atoms with Crippen molar-refractivity contribution < 1.29 is 23.1 Å². The number of hydrogen-bond donors (Lipinski definition) is 2. The van der Waals surface area contributed by atoms with Crippen molar-refractivity contribution in [3.05, 3.63) is 15.8 Å². The molecule has 6 nitrogen and oxygen atoms in total. The van der Waals surface area contributed by atoms with Crippen LogP contribution in [0.15, 0.2) is 11.0 Å². The SMILES string of the molecule is COC(=O)C(O)CNS(=O)(=O)c1cc(C)sc1C. The van der Waals surface area contributed by atoms with E-state index >= 15 is 0 Å². The Morgan fingerprint density at radius 1 is 1.56 bits per heavy atom. The van der Waals surface area contributed by atoms with E-state index in [2.05, 4.69) is 9.46 Å². The molecule has 1 aromatic rings. The van der Waals surface area contributed by atoms with Gasteiger partial charge in [0.25, 0.3) is 0 Å². The Morgan fingerprint density at radius 3 is 2.61 bits per heavy atom. The fourth-order valence-electron chi connectivity index (χ4n) is 1.36. The molecule has 1 atom stereocenters. The highest BCUT2D eigenvalue weighted by atomic mass is 32.2. The molecular weight excluding hydrogens is 278 g/mol. The number of methoxy groups -OCH3 is 1. The minimum absolute atomic E-state index is 0.169. The summed E-state index contributed by atoms with van der Waals surface area (Å²) in [6, 6.07) is 1.55. The number of hydrogen-bond acceptors (Lipinski definition) is 6. The Balaban J connectivity index is 2.78. The summed E-state index contributed by atoms with van der Waals surface area (Å²) in [4.78, 5) is 12.6. The lowest BCUT2D eigenvalue weighted by Crippen LogP contribution is -2.37. The summed E-state index contributed by atoms with van der Waals surface area (Å²) < 4.78 is 30.3. The lowest BCUT2D eigenvalue weighted by molar-refractivity contribution is -0.149. The van der Waals surface area contributed by atoms with Crippen LogP contribution in [0.25, 0.3) is 0 Å². The van der Waals surface area contributed by atoms with Crippen molar-refractivity contribution in [3.63, 3.8) is 0 Å². The summed E-state index contributed by atoms with van der Waals surface area (Å²) in [7, 11) is -2.60. The summed E-state index contributed by atoms with van der Waals surface area (Å²) in [5.41, 5.74) is 0. The quantitative estimate of drug-likeness (QED) is 0.755. The Bertz CT molecular complexity index is 534. The fraction of sp³-hybridized carbons (Fsp3) is 0.500. The molecule has 0 amide bonds. The number of carbonyl (C=O) groups is 1. The minimum atomic E-state index is -3.71. The summed E-state index contributed by atoms with van der Waals surface area (Å²) in [6.07, 6.45) is -1.51. The van der Waals surface area contributed by atoms with Crippen LogP contribution in [0, 0.1) is 13.8 Å². The van der Waals surface area contributed by atoms with E-state index in [1.165, 1.54) is 11.3 Å². The van der Waals surface area contributed by atoms with E-state index in [4.69, 9.17) is 0 Å². The summed E-state index contributed by atoms with van der Waals surface area (Å²) in [5, 5.41) is 9.30. The van der Waals surface area contributed by atoms with Gasteiger partial charge in [-0.1, -0.05) is 0 Å². The van der Waals surface area contributed by atoms with Gasteiger partial charge in [0.15, 0.2) is 6.10 Å². The Kier molecular flexibility index (Phi) is 4.85. The monoisotopic (exact) mass is 293 g/mol. The molecule has 0 saturated heterocycles. The van der Waals surface area contributed by atoms with Gasteiger partial charge in [-0.05, 0) is 19.9 Å². The van der Waals surface area contributed by atoms with E-state index in [9.17, 15) is 18.3 Å². The van der Waals surface area contributed by atoms with Crippen LogP contribution in [-0.4, -0.2) is 39.3 Å². The molecule has 1 unspecified atom stereocenters. The van der Waals surface area contributed by atoms with E-state index < -0.39 is 28.6 Å². The number of rotatable bonds is 5. The smallest absolute Gasteiger partial charge is 0.336 e. The molecule has 102 valence electrons. The van der Waals surface area contributed by atoms with Gasteiger partial charge in [-0.3, -0.25) is 0 Å². The number of aryl methyl sites for hydroxylation is 2. The highest BCUT2D eigenvalue weighted by molar-refractivity contribution is 7.89. The number of thiophene rings is 1. The Labute approximate surface area is 110 Å². The first-order chi connectivity index (χ1) is 8.27. The number of carbonyl (C=O) groups excluding carboxylic acids is 1. The van der Waals surface area contributed by atoms with E-state index in [0.29, 0.717) is 4.88 Å². The van der Waals surface area contributed by atoms with Crippen LogP contribution in [0.5, 0.6) is 0 Å². The second kappa shape index (κ2) is 5.79. The summed E-state index contributed by atoms with van der Waals surface area (Å²) in [5.74, 6) is -0.879. The van der Waals surface area contributed by atoms with Gasteiger partial charge in [0.05, 0.1) is 12.0 Å². The molecule has 2 N–H and O–H groups in total. The van der Waals surface area contributed by atoms with Crippen LogP contribution < -0.4 is 4.72 Å². The van der Waals surface area contributed by atoms with Crippen LogP contribution in [0.2, 0.25) is 0 Å². The maximum Gasteiger partial charge on any atom is 0.336 e. The number of aliphatic hydroxyl groups excluding tert-OH is 1. The third kappa shape index (κ3) is 3.52. The Hall–Kier alpha value is -0.960. The van der Waals surface area contributed by atoms with E-state index in [1.54, 1.807) is 19.9 Å². The second-order valence-corrected chi connectivity index (χ2v) is 6.86. The molecule has 0 saturated carbocycles. The summed E-state index contributed by atoms with van der Waals surface area (Å²) in [6.45, 7) is 3.09. The number of nitrogens with one attached hydrogen (secondary N) is 1. The van der Waals surface area contributed by atoms with Gasteiger partial charge in [-0.25, -0.2) is 17.9 Å². The molecule has 8 heteroatoms. The molecule has 0 aliphatic heterocycles. The zero-order valence-corrected chi connectivity index (χ0v) is 11.9. The highest BCUT2D eigenvalue weighted by Gasteiger charge is 2.22. The fourth-order valence-corrected chi connectivity index (χ4v) is 3.95. The third-order valence-corrected chi connectivity index (χ3v) is 4.87. The molecule has 1 aromatic heterocycles. The van der Waals surface area contributed by atoms with Gasteiger partial charge in [0.1, 0.15) is 0 Å². The first-order valence-corrected chi connectivity index (χ1v) is 7.40. The highest BCUT2D eigenvalue weighted by Crippen LogP contribution is 2.24. The maximum atomic E-state index is 11.9. The molecule has 0 aromatic carbocycles. The number of aliphatic hydroxyl groups is 1. The number of esters is 1. The predicted molar refractivity (Wildman–Crippen MR) is 67.0 cm³/mol. The number of ether oxygens (including phenoxy) is 1. The van der Waals surface area contributed by atoms with Crippen LogP contribution in [0.3, 0.4) is 0 Å². The van der Waals surface area contributed by atoms with Gasteiger partial charge in [0, 0.05) is 16.3 Å². The zero-order chi connectivity index (χ0) is 13.9. The zero-order valence-electron chi connectivity index (χ0n) is 10.3. The lowest BCUT2D eigenvalue weighted by atomic mass is 10.4. The van der Waals surface area contributed by atoms with Gasteiger partial charge in [-0.2, -0.15) is 0 Å². The molecule has 0 bridgehead atoms. The van der Waals surface area contributed by atoms with Gasteiger partial charge in [0.2, 0.25) is 10.0 Å². The molecule has 0 fully saturated rings. The first-order valence-electron chi connectivity index (χ1n) is 5.10. The molecule has 0 radical (unpaired) electrons. The molecule has 0 spiro atoms. The van der Waals surface area contributed by atoms with Gasteiger partial charge < -0.3 is 9.84 Å².